The van der Waals surface area contributed by atoms with Crippen LogP contribution in [0.25, 0.3) is 0 Å². The molecule has 1 aliphatic heterocycles. The number of nitrogens with two attached hydrogens (primary N) is 1. The maximum Gasteiger partial charge on any atom is 0.237 e. The first-order valence-electron chi connectivity index (χ1n) is 7.70. The van der Waals surface area contributed by atoms with E-state index in [2.05, 4.69) is 10.6 Å². The summed E-state index contributed by atoms with van der Waals surface area (Å²) in [4.78, 5) is 36.8. The monoisotopic (exact) mass is 334 g/mol. The van der Waals surface area contributed by atoms with Crippen LogP contribution < -0.4 is 21.1 Å². The highest BCUT2D eigenvalue weighted by Gasteiger charge is 2.32. The van der Waals surface area contributed by atoms with Crippen molar-refractivity contribution < 1.29 is 19.1 Å². The largest absolute Gasteiger partial charge is 0.496 e. The number of primary amides is 1. The summed E-state index contributed by atoms with van der Waals surface area (Å²) in [6, 6.07) is 6.96. The number of methoxy groups -OCH3 is 1. The predicted molar refractivity (Wildman–Crippen MR) is 87.0 cm³/mol. The van der Waals surface area contributed by atoms with Crippen LogP contribution in [0.3, 0.4) is 0 Å². The second-order valence-corrected chi connectivity index (χ2v) is 5.54. The van der Waals surface area contributed by atoms with Crippen molar-refractivity contribution in [3.05, 3.63) is 29.8 Å². The van der Waals surface area contributed by atoms with Gasteiger partial charge in [-0.1, -0.05) is 18.2 Å². The van der Waals surface area contributed by atoms with Crippen LogP contribution in [0.2, 0.25) is 0 Å². The molecule has 1 saturated heterocycles. The zero-order chi connectivity index (χ0) is 17.5. The molecule has 1 aliphatic rings. The van der Waals surface area contributed by atoms with Gasteiger partial charge in [0.05, 0.1) is 26.1 Å². The van der Waals surface area contributed by atoms with Crippen molar-refractivity contribution in [3.8, 4) is 5.75 Å². The standard InChI is InChI=1S/C16H22N4O4/c1-24-13-5-3-2-4-11(13)10-20-7-6-18-16(23)12(20)8-15(22)19-9-14(17)21/h2-5,12H,6-10H2,1H3,(H2,17,21)(H,18,23)(H,19,22)/t12-/m1/s1. The van der Waals surface area contributed by atoms with E-state index in [4.69, 9.17) is 10.5 Å². The van der Waals surface area contributed by atoms with E-state index in [0.29, 0.717) is 19.6 Å². The summed E-state index contributed by atoms with van der Waals surface area (Å²) in [7, 11) is 1.59. The third-order valence-electron chi connectivity index (χ3n) is 3.85. The molecule has 0 saturated carbocycles. The Morgan fingerprint density at radius 3 is 2.88 bits per heavy atom. The van der Waals surface area contributed by atoms with E-state index in [9.17, 15) is 14.4 Å². The van der Waals surface area contributed by atoms with Crippen LogP contribution in [0.15, 0.2) is 24.3 Å². The summed E-state index contributed by atoms with van der Waals surface area (Å²) >= 11 is 0. The Morgan fingerprint density at radius 2 is 2.17 bits per heavy atom. The number of rotatable bonds is 7. The molecular weight excluding hydrogens is 312 g/mol. The Morgan fingerprint density at radius 1 is 1.42 bits per heavy atom. The van der Waals surface area contributed by atoms with E-state index in [1.165, 1.54) is 0 Å². The van der Waals surface area contributed by atoms with E-state index < -0.39 is 11.9 Å². The van der Waals surface area contributed by atoms with Crippen molar-refractivity contribution in [2.24, 2.45) is 5.73 Å². The molecule has 1 heterocycles. The number of benzene rings is 1. The fourth-order valence-corrected chi connectivity index (χ4v) is 2.66. The first kappa shape index (κ1) is 17.7. The fraction of sp³-hybridized carbons (Fsp3) is 0.438. The van der Waals surface area contributed by atoms with E-state index >= 15 is 0 Å². The first-order chi connectivity index (χ1) is 11.5. The van der Waals surface area contributed by atoms with Gasteiger partial charge in [0, 0.05) is 25.2 Å². The van der Waals surface area contributed by atoms with Crippen molar-refractivity contribution in [1.82, 2.24) is 15.5 Å². The van der Waals surface area contributed by atoms with Gasteiger partial charge in [-0.3, -0.25) is 19.3 Å². The van der Waals surface area contributed by atoms with Gasteiger partial charge in [0.2, 0.25) is 17.7 Å². The molecule has 0 aromatic heterocycles. The van der Waals surface area contributed by atoms with Crippen LogP contribution in [-0.2, 0) is 20.9 Å². The molecular formula is C16H22N4O4. The van der Waals surface area contributed by atoms with Gasteiger partial charge in [-0.05, 0) is 6.07 Å². The molecule has 4 N–H and O–H groups in total. The first-order valence-corrected chi connectivity index (χ1v) is 7.70. The summed E-state index contributed by atoms with van der Waals surface area (Å²) < 4.78 is 5.34. The minimum Gasteiger partial charge on any atom is -0.496 e. The van der Waals surface area contributed by atoms with Gasteiger partial charge < -0.3 is 21.1 Å². The van der Waals surface area contributed by atoms with Gasteiger partial charge >= 0.3 is 0 Å². The molecule has 130 valence electrons. The smallest absolute Gasteiger partial charge is 0.237 e. The average molecular weight is 334 g/mol. The molecule has 8 heteroatoms. The van der Waals surface area contributed by atoms with Crippen LogP contribution in [-0.4, -0.2) is 55.4 Å². The number of carbonyl (C=O) groups excluding carboxylic acids is 3. The molecule has 1 fully saturated rings. The molecule has 1 aromatic carbocycles. The molecule has 0 unspecified atom stereocenters. The highest BCUT2D eigenvalue weighted by Crippen LogP contribution is 2.21. The van der Waals surface area contributed by atoms with Crippen molar-refractivity contribution in [3.63, 3.8) is 0 Å². The van der Waals surface area contributed by atoms with Gasteiger partial charge in [0.1, 0.15) is 5.75 Å². The zero-order valence-electron chi connectivity index (χ0n) is 13.6. The van der Waals surface area contributed by atoms with Crippen molar-refractivity contribution in [2.75, 3.05) is 26.7 Å². The number of nitrogens with one attached hydrogen (secondary N) is 2. The lowest BCUT2D eigenvalue weighted by molar-refractivity contribution is -0.134. The Kier molecular flexibility index (Phi) is 6.14. The third kappa shape index (κ3) is 4.69. The van der Waals surface area contributed by atoms with Gasteiger partial charge in [-0.15, -0.1) is 0 Å². The number of hydrogen-bond acceptors (Lipinski definition) is 5. The molecule has 3 amide bonds. The van der Waals surface area contributed by atoms with Crippen LogP contribution in [0.5, 0.6) is 5.75 Å². The maximum absolute atomic E-state index is 12.2. The normalized spacial score (nSPS) is 17.9. The lowest BCUT2D eigenvalue weighted by Gasteiger charge is -2.34. The lowest BCUT2D eigenvalue weighted by atomic mass is 10.1. The van der Waals surface area contributed by atoms with E-state index in [0.717, 1.165) is 11.3 Å². The number of ether oxygens (including phenoxy) is 1. The summed E-state index contributed by atoms with van der Waals surface area (Å²) in [5.41, 5.74) is 5.95. The Labute approximate surface area is 140 Å². The molecule has 8 nitrogen and oxygen atoms in total. The molecule has 0 radical (unpaired) electrons. The predicted octanol–water partition coefficient (Wildman–Crippen LogP) is -1.01. The van der Waals surface area contributed by atoms with Crippen LogP contribution in [0, 0.1) is 0 Å². The number of amides is 3. The van der Waals surface area contributed by atoms with Gasteiger partial charge in [-0.2, -0.15) is 0 Å². The van der Waals surface area contributed by atoms with Crippen LogP contribution in [0.1, 0.15) is 12.0 Å². The summed E-state index contributed by atoms with van der Waals surface area (Å²) in [6.07, 6.45) is -0.0335. The number of hydrogen-bond donors (Lipinski definition) is 3. The second kappa shape index (κ2) is 8.30. The molecule has 2 rings (SSSR count). The van der Waals surface area contributed by atoms with E-state index in [1.807, 2.05) is 29.2 Å². The van der Waals surface area contributed by atoms with Gasteiger partial charge in [-0.25, -0.2) is 0 Å². The highest BCUT2D eigenvalue weighted by atomic mass is 16.5. The number of piperazine rings is 1. The van der Waals surface area contributed by atoms with E-state index in [1.54, 1.807) is 7.11 Å². The Hall–Kier alpha value is -2.61. The molecule has 0 aliphatic carbocycles. The van der Waals surface area contributed by atoms with Crippen molar-refractivity contribution >= 4 is 17.7 Å². The minimum atomic E-state index is -0.623. The number of carbonyl (C=O) groups is 3. The zero-order valence-corrected chi connectivity index (χ0v) is 13.6. The maximum atomic E-state index is 12.2. The Bertz CT molecular complexity index is 620. The number of nitrogens with zero attached hydrogens (tertiary/aromatic N) is 1. The summed E-state index contributed by atoms with van der Waals surface area (Å²) in [5, 5.41) is 5.18. The average Bonchev–Trinajstić information content (AvgIpc) is 2.56. The van der Waals surface area contributed by atoms with Crippen LogP contribution >= 0.6 is 0 Å². The lowest BCUT2D eigenvalue weighted by Crippen LogP contribution is -2.56. The van der Waals surface area contributed by atoms with Gasteiger partial charge in [0.15, 0.2) is 0 Å². The quantitative estimate of drug-likeness (QED) is 0.591. The molecule has 1 atom stereocenters. The SMILES string of the molecule is COc1ccccc1CN1CCNC(=O)[C@H]1CC(=O)NCC(N)=O. The second-order valence-electron chi connectivity index (χ2n) is 5.54. The topological polar surface area (TPSA) is 114 Å². The van der Waals surface area contributed by atoms with Crippen LogP contribution in [0.4, 0.5) is 0 Å². The van der Waals surface area contributed by atoms with Gasteiger partial charge in [0.25, 0.3) is 0 Å². The summed E-state index contributed by atoms with van der Waals surface area (Å²) in [5.74, 6) is -0.478. The Balaban J connectivity index is 2.06. The molecule has 0 spiro atoms. The summed E-state index contributed by atoms with van der Waals surface area (Å²) in [6.45, 7) is 1.40. The number of para-hydroxylation sites is 1. The molecule has 0 bridgehead atoms. The highest BCUT2D eigenvalue weighted by molar-refractivity contribution is 5.90. The van der Waals surface area contributed by atoms with Crippen molar-refractivity contribution in [2.45, 2.75) is 19.0 Å². The third-order valence-corrected chi connectivity index (χ3v) is 3.85. The molecule has 24 heavy (non-hydrogen) atoms. The molecule has 1 aromatic rings. The van der Waals surface area contributed by atoms with E-state index in [-0.39, 0.29) is 24.8 Å². The minimum absolute atomic E-state index is 0.0335. The van der Waals surface area contributed by atoms with Crippen molar-refractivity contribution in [1.29, 1.82) is 0 Å². The fourth-order valence-electron chi connectivity index (χ4n) is 2.66.